The molecule has 0 aliphatic rings. The first-order valence-corrected chi connectivity index (χ1v) is 7.47. The molecule has 0 aromatic heterocycles. The van der Waals surface area contributed by atoms with Crippen LogP contribution in [0.2, 0.25) is 0 Å². The summed E-state index contributed by atoms with van der Waals surface area (Å²) in [5.41, 5.74) is 1.03. The molecule has 0 spiro atoms. The van der Waals surface area contributed by atoms with Crippen molar-refractivity contribution in [3.05, 3.63) is 63.7 Å². The molecule has 0 amide bonds. The third-order valence-corrected chi connectivity index (χ3v) is 3.47. The number of hydrogen-bond donors (Lipinski definition) is 1. The number of hydrogen-bond acceptors (Lipinski definition) is 6. The molecule has 2 aromatic carbocycles. The Balaban J connectivity index is 2.27. The minimum atomic E-state index is -1.06. The highest BCUT2D eigenvalue weighted by molar-refractivity contribution is 5.85. The maximum atomic E-state index is 11.2. The van der Waals surface area contributed by atoms with Gasteiger partial charge in [-0.1, -0.05) is 6.07 Å². The van der Waals surface area contributed by atoms with Gasteiger partial charge >= 0.3 is 11.7 Å². The fraction of sp³-hybridized carbons (Fsp3) is 0.167. The Morgan fingerprint density at radius 1 is 1.15 bits per heavy atom. The summed E-state index contributed by atoms with van der Waals surface area (Å²) in [6.07, 6.45) is 2.45. The van der Waals surface area contributed by atoms with Gasteiger partial charge < -0.3 is 19.3 Å². The van der Waals surface area contributed by atoms with Crippen LogP contribution in [0.5, 0.6) is 17.2 Å². The number of nitro benzene ring substituents is 1. The molecule has 0 bridgehead atoms. The van der Waals surface area contributed by atoms with Crippen molar-refractivity contribution in [2.75, 3.05) is 14.2 Å². The number of ether oxygens (including phenoxy) is 3. The van der Waals surface area contributed by atoms with Crippen LogP contribution in [0.1, 0.15) is 11.1 Å². The van der Waals surface area contributed by atoms with Gasteiger partial charge in [-0.3, -0.25) is 10.1 Å². The molecular formula is C18H17NO7. The lowest BCUT2D eigenvalue weighted by atomic mass is 10.1. The van der Waals surface area contributed by atoms with Crippen molar-refractivity contribution in [3.63, 3.8) is 0 Å². The number of rotatable bonds is 8. The second kappa shape index (κ2) is 8.52. The van der Waals surface area contributed by atoms with Crippen LogP contribution in [0.3, 0.4) is 0 Å². The molecule has 0 aliphatic heterocycles. The minimum Gasteiger partial charge on any atom is -0.496 e. The van der Waals surface area contributed by atoms with Gasteiger partial charge in [0.05, 0.1) is 25.2 Å². The highest BCUT2D eigenvalue weighted by Crippen LogP contribution is 2.32. The molecule has 2 aromatic rings. The summed E-state index contributed by atoms with van der Waals surface area (Å²) >= 11 is 0. The van der Waals surface area contributed by atoms with E-state index in [1.807, 2.05) is 0 Å². The van der Waals surface area contributed by atoms with Gasteiger partial charge in [-0.05, 0) is 35.9 Å². The van der Waals surface area contributed by atoms with Gasteiger partial charge in [-0.15, -0.1) is 0 Å². The predicted molar refractivity (Wildman–Crippen MR) is 93.6 cm³/mol. The van der Waals surface area contributed by atoms with E-state index in [1.165, 1.54) is 32.4 Å². The van der Waals surface area contributed by atoms with Crippen molar-refractivity contribution in [3.8, 4) is 17.2 Å². The Bertz CT molecular complexity index is 845. The summed E-state index contributed by atoms with van der Waals surface area (Å²) in [7, 11) is 2.90. The van der Waals surface area contributed by atoms with Crippen LogP contribution in [0.25, 0.3) is 6.08 Å². The Labute approximate surface area is 149 Å². The Morgan fingerprint density at radius 2 is 1.88 bits per heavy atom. The van der Waals surface area contributed by atoms with Crippen molar-refractivity contribution >= 4 is 17.7 Å². The smallest absolute Gasteiger partial charge is 0.328 e. The van der Waals surface area contributed by atoms with Gasteiger partial charge in [0.2, 0.25) is 0 Å². The molecule has 8 nitrogen and oxygen atoms in total. The second-order valence-electron chi connectivity index (χ2n) is 5.12. The summed E-state index contributed by atoms with van der Waals surface area (Å²) in [6, 6.07) is 9.34. The third kappa shape index (κ3) is 4.73. The van der Waals surface area contributed by atoms with E-state index in [4.69, 9.17) is 19.3 Å². The highest BCUT2D eigenvalue weighted by atomic mass is 16.6. The summed E-state index contributed by atoms with van der Waals surface area (Å²) in [5.74, 6) is -0.104. The van der Waals surface area contributed by atoms with Gasteiger partial charge in [0, 0.05) is 11.6 Å². The van der Waals surface area contributed by atoms with Crippen LogP contribution in [0, 0.1) is 10.1 Å². The highest BCUT2D eigenvalue weighted by Gasteiger charge is 2.17. The number of carboxylic acid groups (broad SMARTS) is 1. The maximum absolute atomic E-state index is 11.2. The summed E-state index contributed by atoms with van der Waals surface area (Å²) in [4.78, 5) is 21.3. The van der Waals surface area contributed by atoms with Gasteiger partial charge in [0.25, 0.3) is 0 Å². The van der Waals surface area contributed by atoms with E-state index < -0.39 is 10.9 Å². The molecule has 0 aliphatic carbocycles. The average Bonchev–Trinajstić information content (AvgIpc) is 2.64. The monoisotopic (exact) mass is 359 g/mol. The first-order chi connectivity index (χ1) is 12.4. The number of nitrogens with zero attached hydrogens (tertiary/aromatic N) is 1. The first kappa shape index (κ1) is 18.8. The molecule has 0 unspecified atom stereocenters. The van der Waals surface area contributed by atoms with Crippen LogP contribution in [0.15, 0.2) is 42.5 Å². The van der Waals surface area contributed by atoms with Crippen molar-refractivity contribution < 1.29 is 29.0 Å². The Kier molecular flexibility index (Phi) is 6.15. The van der Waals surface area contributed by atoms with Crippen molar-refractivity contribution in [1.29, 1.82) is 0 Å². The maximum Gasteiger partial charge on any atom is 0.328 e. The lowest BCUT2D eigenvalue weighted by Crippen LogP contribution is -2.02. The van der Waals surface area contributed by atoms with E-state index in [1.54, 1.807) is 24.3 Å². The molecule has 1 N–H and O–H groups in total. The SMILES string of the molecule is COc1ccc(OCc2cc(/C=C/C(=O)O)ccc2OC)c([N+](=O)[O-])c1. The molecule has 8 heteroatoms. The second-order valence-corrected chi connectivity index (χ2v) is 5.12. The summed E-state index contributed by atoms with van der Waals surface area (Å²) < 4.78 is 15.8. The van der Waals surface area contributed by atoms with E-state index in [0.717, 1.165) is 6.08 Å². The van der Waals surface area contributed by atoms with E-state index in [2.05, 4.69) is 0 Å². The first-order valence-electron chi connectivity index (χ1n) is 7.47. The Hall–Kier alpha value is -3.55. The van der Waals surface area contributed by atoms with Crippen LogP contribution < -0.4 is 14.2 Å². The van der Waals surface area contributed by atoms with Crippen LogP contribution in [-0.2, 0) is 11.4 Å². The molecule has 0 saturated carbocycles. The molecule has 2 rings (SSSR count). The van der Waals surface area contributed by atoms with Crippen molar-refractivity contribution in [1.82, 2.24) is 0 Å². The average molecular weight is 359 g/mol. The van der Waals surface area contributed by atoms with E-state index in [9.17, 15) is 14.9 Å². The van der Waals surface area contributed by atoms with E-state index >= 15 is 0 Å². The van der Waals surface area contributed by atoms with Crippen LogP contribution >= 0.6 is 0 Å². The zero-order chi connectivity index (χ0) is 19.1. The zero-order valence-electron chi connectivity index (χ0n) is 14.2. The Morgan fingerprint density at radius 3 is 2.50 bits per heavy atom. The molecule has 0 radical (unpaired) electrons. The largest absolute Gasteiger partial charge is 0.496 e. The van der Waals surface area contributed by atoms with E-state index in [-0.39, 0.29) is 18.0 Å². The van der Waals surface area contributed by atoms with Crippen molar-refractivity contribution in [2.24, 2.45) is 0 Å². The van der Waals surface area contributed by atoms with Gasteiger partial charge in [-0.2, -0.15) is 0 Å². The molecule has 136 valence electrons. The number of methoxy groups -OCH3 is 2. The summed E-state index contributed by atoms with van der Waals surface area (Å²) in [6.45, 7) is 0.00505. The third-order valence-electron chi connectivity index (χ3n) is 3.47. The minimum absolute atomic E-state index is 0.00505. The number of nitro groups is 1. The lowest BCUT2D eigenvalue weighted by molar-refractivity contribution is -0.386. The lowest BCUT2D eigenvalue weighted by Gasteiger charge is -2.12. The molecule has 0 atom stereocenters. The fourth-order valence-electron chi connectivity index (χ4n) is 2.23. The molecule has 0 fully saturated rings. The van der Waals surface area contributed by atoms with E-state index in [0.29, 0.717) is 22.6 Å². The van der Waals surface area contributed by atoms with Crippen LogP contribution in [-0.4, -0.2) is 30.2 Å². The standard InChI is InChI=1S/C18H17NO7/c1-24-14-5-7-17(15(10-14)19(22)23)26-11-13-9-12(4-8-18(20)21)3-6-16(13)25-2/h3-10H,11H2,1-2H3,(H,20,21)/b8-4+. The van der Waals surface area contributed by atoms with Gasteiger partial charge in [0.15, 0.2) is 5.75 Å². The molecule has 0 heterocycles. The number of aliphatic carboxylic acids is 1. The number of carboxylic acids is 1. The fourth-order valence-corrected chi connectivity index (χ4v) is 2.23. The number of benzene rings is 2. The summed E-state index contributed by atoms with van der Waals surface area (Å²) in [5, 5.41) is 19.9. The topological polar surface area (TPSA) is 108 Å². The molecule has 0 saturated heterocycles. The molecule has 26 heavy (non-hydrogen) atoms. The predicted octanol–water partition coefficient (Wildman–Crippen LogP) is 3.29. The van der Waals surface area contributed by atoms with Gasteiger partial charge in [-0.25, -0.2) is 4.79 Å². The normalized spacial score (nSPS) is 10.5. The van der Waals surface area contributed by atoms with Gasteiger partial charge in [0.1, 0.15) is 18.1 Å². The molecular weight excluding hydrogens is 342 g/mol. The van der Waals surface area contributed by atoms with Crippen molar-refractivity contribution in [2.45, 2.75) is 6.61 Å². The zero-order valence-corrected chi connectivity index (χ0v) is 14.2. The number of carbonyl (C=O) groups is 1. The van der Waals surface area contributed by atoms with Crippen LogP contribution in [0.4, 0.5) is 5.69 Å². The quantitative estimate of drug-likeness (QED) is 0.438.